The zero-order valence-corrected chi connectivity index (χ0v) is 13.2. The van der Waals surface area contributed by atoms with E-state index in [4.69, 9.17) is 0 Å². The first-order valence-electron chi connectivity index (χ1n) is 8.24. The number of anilines is 1. The molecule has 2 fully saturated rings. The maximum absolute atomic E-state index is 13.0. The first kappa shape index (κ1) is 16.5. The van der Waals surface area contributed by atoms with Crippen LogP contribution in [-0.2, 0) is 6.18 Å². The average Bonchev–Trinajstić information content (AvgIpc) is 2.95. The first-order chi connectivity index (χ1) is 10.9. The molecule has 1 saturated carbocycles. The second-order valence-electron chi connectivity index (χ2n) is 6.61. The number of nitrogens with zero attached hydrogens (tertiary/aromatic N) is 3. The zero-order valence-electron chi connectivity index (χ0n) is 13.2. The van der Waals surface area contributed by atoms with Gasteiger partial charge in [0.1, 0.15) is 5.69 Å². The number of alkyl halides is 3. The van der Waals surface area contributed by atoms with Crippen molar-refractivity contribution >= 4 is 5.95 Å². The second kappa shape index (κ2) is 6.26. The number of aromatic nitrogens is 2. The fourth-order valence-corrected chi connectivity index (χ4v) is 3.90. The molecule has 0 spiro atoms. The highest BCUT2D eigenvalue weighted by atomic mass is 19.4. The van der Waals surface area contributed by atoms with Crippen LogP contribution in [0, 0.1) is 12.8 Å². The Kier molecular flexibility index (Phi) is 4.49. The van der Waals surface area contributed by atoms with Crippen molar-refractivity contribution in [1.29, 1.82) is 0 Å². The third-order valence-corrected chi connectivity index (χ3v) is 4.96. The molecule has 1 aliphatic carbocycles. The lowest BCUT2D eigenvalue weighted by Gasteiger charge is -2.37. The summed E-state index contributed by atoms with van der Waals surface area (Å²) in [5, 5.41) is 10.3. The average molecular weight is 329 g/mol. The molecule has 1 N–H and O–H groups in total. The summed E-state index contributed by atoms with van der Waals surface area (Å²) in [5.41, 5.74) is -0.577. The van der Waals surface area contributed by atoms with E-state index in [2.05, 4.69) is 9.97 Å². The summed E-state index contributed by atoms with van der Waals surface area (Å²) >= 11 is 0. The zero-order chi connectivity index (χ0) is 16.6. The fraction of sp³-hybridized carbons (Fsp3) is 0.750. The normalized spacial score (nSPS) is 29.1. The van der Waals surface area contributed by atoms with Crippen molar-refractivity contribution in [2.45, 2.75) is 63.8 Å². The molecule has 0 aromatic carbocycles. The SMILES string of the molecule is Cc1cc(C(F)(F)F)nc(N2CCC[C@@H]2[C@H]2CCCC[C@H]2O)n1. The van der Waals surface area contributed by atoms with Gasteiger partial charge in [-0.05, 0) is 38.7 Å². The molecule has 0 bridgehead atoms. The Balaban J connectivity index is 1.89. The Morgan fingerprint density at radius 1 is 1.13 bits per heavy atom. The van der Waals surface area contributed by atoms with Gasteiger partial charge in [0, 0.05) is 24.2 Å². The van der Waals surface area contributed by atoms with Crippen molar-refractivity contribution in [3.63, 3.8) is 0 Å². The van der Waals surface area contributed by atoms with E-state index < -0.39 is 11.9 Å². The molecule has 0 radical (unpaired) electrons. The molecule has 1 saturated heterocycles. The third-order valence-electron chi connectivity index (χ3n) is 4.96. The number of halogens is 3. The quantitative estimate of drug-likeness (QED) is 0.904. The number of rotatable bonds is 2. The monoisotopic (exact) mass is 329 g/mol. The molecule has 128 valence electrons. The molecular formula is C16H22F3N3O. The van der Waals surface area contributed by atoms with Crippen LogP contribution >= 0.6 is 0 Å². The Morgan fingerprint density at radius 2 is 1.87 bits per heavy atom. The summed E-state index contributed by atoms with van der Waals surface area (Å²) in [6, 6.07) is 1.01. The van der Waals surface area contributed by atoms with Crippen molar-refractivity contribution in [3.8, 4) is 0 Å². The van der Waals surface area contributed by atoms with Crippen LogP contribution in [0.25, 0.3) is 0 Å². The molecule has 1 aromatic rings. The molecule has 3 atom stereocenters. The Labute approximate surface area is 133 Å². The van der Waals surface area contributed by atoms with Gasteiger partial charge in [-0.15, -0.1) is 0 Å². The van der Waals surface area contributed by atoms with Gasteiger partial charge in [-0.2, -0.15) is 13.2 Å². The van der Waals surface area contributed by atoms with E-state index in [-0.39, 0.29) is 24.0 Å². The predicted molar refractivity (Wildman–Crippen MR) is 80.1 cm³/mol. The lowest BCUT2D eigenvalue weighted by atomic mass is 9.80. The molecule has 0 unspecified atom stereocenters. The molecule has 2 heterocycles. The summed E-state index contributed by atoms with van der Waals surface area (Å²) < 4.78 is 39.0. The molecule has 1 aromatic heterocycles. The van der Waals surface area contributed by atoms with Gasteiger partial charge in [0.2, 0.25) is 5.95 Å². The van der Waals surface area contributed by atoms with Gasteiger partial charge in [0.15, 0.2) is 0 Å². The Morgan fingerprint density at radius 3 is 2.57 bits per heavy atom. The highest BCUT2D eigenvalue weighted by Gasteiger charge is 2.39. The molecule has 23 heavy (non-hydrogen) atoms. The maximum Gasteiger partial charge on any atom is 0.433 e. The third kappa shape index (κ3) is 3.44. The van der Waals surface area contributed by atoms with Gasteiger partial charge >= 0.3 is 6.18 Å². The summed E-state index contributed by atoms with van der Waals surface area (Å²) in [7, 11) is 0. The topological polar surface area (TPSA) is 49.2 Å². The van der Waals surface area contributed by atoms with Gasteiger partial charge in [0.05, 0.1) is 6.10 Å². The number of aryl methyl sites for hydroxylation is 1. The van der Waals surface area contributed by atoms with Gasteiger partial charge < -0.3 is 10.0 Å². The van der Waals surface area contributed by atoms with Crippen molar-refractivity contribution in [3.05, 3.63) is 17.5 Å². The number of hydrogen-bond acceptors (Lipinski definition) is 4. The van der Waals surface area contributed by atoms with Crippen LogP contribution in [0.5, 0.6) is 0 Å². The van der Waals surface area contributed by atoms with E-state index in [1.807, 2.05) is 4.90 Å². The van der Waals surface area contributed by atoms with Crippen molar-refractivity contribution in [2.75, 3.05) is 11.4 Å². The summed E-state index contributed by atoms with van der Waals surface area (Å²) in [6.07, 6.45) is 0.700. The fourth-order valence-electron chi connectivity index (χ4n) is 3.90. The van der Waals surface area contributed by atoms with Crippen LogP contribution in [-0.4, -0.2) is 33.8 Å². The van der Waals surface area contributed by atoms with Gasteiger partial charge in [0.25, 0.3) is 0 Å². The highest BCUT2D eigenvalue weighted by Crippen LogP contribution is 2.37. The van der Waals surface area contributed by atoms with Crippen LogP contribution in [0.15, 0.2) is 6.07 Å². The van der Waals surface area contributed by atoms with Crippen molar-refractivity contribution < 1.29 is 18.3 Å². The predicted octanol–water partition coefficient (Wildman–Crippen LogP) is 3.32. The summed E-state index contributed by atoms with van der Waals surface area (Å²) in [4.78, 5) is 9.87. The van der Waals surface area contributed by atoms with E-state index in [9.17, 15) is 18.3 Å². The molecular weight excluding hydrogens is 307 g/mol. The van der Waals surface area contributed by atoms with Crippen LogP contribution in [0.3, 0.4) is 0 Å². The van der Waals surface area contributed by atoms with E-state index >= 15 is 0 Å². The number of aliphatic hydroxyl groups is 1. The molecule has 0 amide bonds. The second-order valence-corrected chi connectivity index (χ2v) is 6.61. The summed E-state index contributed by atoms with van der Waals surface area (Å²) in [5.74, 6) is 0.252. The summed E-state index contributed by atoms with van der Waals surface area (Å²) in [6.45, 7) is 2.20. The lowest BCUT2D eigenvalue weighted by Crippen LogP contribution is -2.43. The van der Waals surface area contributed by atoms with Crippen LogP contribution in [0.1, 0.15) is 49.9 Å². The minimum Gasteiger partial charge on any atom is -0.393 e. The van der Waals surface area contributed by atoms with Crippen LogP contribution in [0.4, 0.5) is 19.1 Å². The molecule has 1 aliphatic heterocycles. The smallest absolute Gasteiger partial charge is 0.393 e. The van der Waals surface area contributed by atoms with Gasteiger partial charge in [-0.25, -0.2) is 9.97 Å². The van der Waals surface area contributed by atoms with Crippen LogP contribution in [0.2, 0.25) is 0 Å². The van der Waals surface area contributed by atoms with E-state index in [0.717, 1.165) is 44.6 Å². The molecule has 7 heteroatoms. The minimum atomic E-state index is -4.47. The standard InChI is InChI=1S/C16H22F3N3O/c1-10-9-14(16(17,18)19)21-15(20-10)22-8-4-6-12(22)11-5-2-3-7-13(11)23/h9,11-13,23H,2-8H2,1H3/t11-,12-,13-/m1/s1. The van der Waals surface area contributed by atoms with Gasteiger partial charge in [-0.3, -0.25) is 0 Å². The Hall–Kier alpha value is -1.37. The van der Waals surface area contributed by atoms with E-state index in [0.29, 0.717) is 12.2 Å². The maximum atomic E-state index is 13.0. The molecule has 3 rings (SSSR count). The first-order valence-corrected chi connectivity index (χ1v) is 8.24. The largest absolute Gasteiger partial charge is 0.433 e. The number of hydrogen-bond donors (Lipinski definition) is 1. The lowest BCUT2D eigenvalue weighted by molar-refractivity contribution is -0.141. The van der Waals surface area contributed by atoms with E-state index in [1.54, 1.807) is 6.92 Å². The molecule has 2 aliphatic rings. The number of aliphatic hydroxyl groups excluding tert-OH is 1. The minimum absolute atomic E-state index is 0.0354. The van der Waals surface area contributed by atoms with Crippen molar-refractivity contribution in [2.24, 2.45) is 5.92 Å². The van der Waals surface area contributed by atoms with E-state index in [1.165, 1.54) is 0 Å². The van der Waals surface area contributed by atoms with Gasteiger partial charge in [-0.1, -0.05) is 12.8 Å². The highest BCUT2D eigenvalue weighted by molar-refractivity contribution is 5.36. The Bertz CT molecular complexity index is 564. The van der Waals surface area contributed by atoms with Crippen molar-refractivity contribution in [1.82, 2.24) is 9.97 Å². The van der Waals surface area contributed by atoms with Crippen LogP contribution < -0.4 is 4.90 Å². The molecule has 4 nitrogen and oxygen atoms in total.